The number of halogens is 2. The fourth-order valence-electron chi connectivity index (χ4n) is 3.74. The zero-order valence-corrected chi connectivity index (χ0v) is 13.8. The van der Waals surface area contributed by atoms with Gasteiger partial charge in [-0.15, -0.1) is 0 Å². The molecule has 0 spiro atoms. The quantitative estimate of drug-likeness (QED) is 0.852. The predicted octanol–water partition coefficient (Wildman–Crippen LogP) is 3.17. The van der Waals surface area contributed by atoms with Crippen LogP contribution in [0, 0.1) is 11.6 Å². The van der Waals surface area contributed by atoms with Gasteiger partial charge in [0, 0.05) is 25.3 Å². The van der Waals surface area contributed by atoms with E-state index in [0.29, 0.717) is 6.61 Å². The van der Waals surface area contributed by atoms with Gasteiger partial charge >= 0.3 is 0 Å². The molecule has 1 aromatic carbocycles. The Morgan fingerprint density at radius 1 is 1.16 bits per heavy atom. The van der Waals surface area contributed by atoms with Crippen molar-refractivity contribution < 1.29 is 18.3 Å². The standard InChI is InChI=1S/C19H20F2N2O2/c20-14-5-3-13(4-6-14)12-23-10-11-24-18-16(23)7-8-17(18)25-19-15(21)2-1-9-22-19/h1-6,9,16-18H,7-8,10-12H2/t16-,17+,18+/m0/s1. The molecule has 4 nitrogen and oxygen atoms in total. The molecule has 0 amide bonds. The lowest BCUT2D eigenvalue weighted by Gasteiger charge is -2.39. The van der Waals surface area contributed by atoms with Gasteiger partial charge in [-0.2, -0.15) is 0 Å². The van der Waals surface area contributed by atoms with Crippen LogP contribution in [0.2, 0.25) is 0 Å². The van der Waals surface area contributed by atoms with E-state index < -0.39 is 5.82 Å². The van der Waals surface area contributed by atoms with Gasteiger partial charge in [0.1, 0.15) is 18.0 Å². The van der Waals surface area contributed by atoms with Crippen molar-refractivity contribution >= 4 is 0 Å². The Morgan fingerprint density at radius 2 is 2.00 bits per heavy atom. The molecule has 1 saturated heterocycles. The van der Waals surface area contributed by atoms with E-state index >= 15 is 0 Å². The van der Waals surface area contributed by atoms with Gasteiger partial charge < -0.3 is 9.47 Å². The van der Waals surface area contributed by atoms with E-state index in [4.69, 9.17) is 9.47 Å². The predicted molar refractivity (Wildman–Crippen MR) is 88.2 cm³/mol. The van der Waals surface area contributed by atoms with Gasteiger partial charge in [-0.1, -0.05) is 12.1 Å². The molecule has 1 saturated carbocycles. The lowest BCUT2D eigenvalue weighted by molar-refractivity contribution is -0.0927. The van der Waals surface area contributed by atoms with Crippen molar-refractivity contribution in [1.82, 2.24) is 9.88 Å². The molecule has 6 heteroatoms. The summed E-state index contributed by atoms with van der Waals surface area (Å²) in [7, 11) is 0. The van der Waals surface area contributed by atoms with Crippen molar-refractivity contribution in [2.75, 3.05) is 13.2 Å². The van der Waals surface area contributed by atoms with Gasteiger partial charge in [0.05, 0.1) is 6.61 Å². The average molecular weight is 346 g/mol. The van der Waals surface area contributed by atoms with Crippen molar-refractivity contribution in [3.05, 3.63) is 59.8 Å². The number of hydrogen-bond donors (Lipinski definition) is 0. The Kier molecular flexibility index (Phi) is 4.63. The van der Waals surface area contributed by atoms with Crippen LogP contribution in [0.3, 0.4) is 0 Å². The number of fused-ring (bicyclic) bond motifs is 1. The number of nitrogens with zero attached hydrogens (tertiary/aromatic N) is 2. The van der Waals surface area contributed by atoms with E-state index in [1.165, 1.54) is 24.4 Å². The number of ether oxygens (including phenoxy) is 2. The number of rotatable bonds is 4. The summed E-state index contributed by atoms with van der Waals surface area (Å²) in [6, 6.07) is 9.70. The molecule has 1 aliphatic carbocycles. The largest absolute Gasteiger partial charge is 0.469 e. The number of pyridine rings is 1. The summed E-state index contributed by atoms with van der Waals surface area (Å²) in [4.78, 5) is 6.32. The maximum atomic E-state index is 13.8. The Morgan fingerprint density at radius 3 is 2.80 bits per heavy atom. The van der Waals surface area contributed by atoms with Crippen molar-refractivity contribution in [3.8, 4) is 5.88 Å². The van der Waals surface area contributed by atoms with Gasteiger partial charge in [0.2, 0.25) is 0 Å². The van der Waals surface area contributed by atoms with E-state index in [-0.39, 0.29) is 29.9 Å². The summed E-state index contributed by atoms with van der Waals surface area (Å²) >= 11 is 0. The molecular weight excluding hydrogens is 326 g/mol. The van der Waals surface area contributed by atoms with Crippen LogP contribution in [0.15, 0.2) is 42.6 Å². The van der Waals surface area contributed by atoms with Crippen LogP contribution in [0.4, 0.5) is 8.78 Å². The van der Waals surface area contributed by atoms with E-state index in [9.17, 15) is 8.78 Å². The Balaban J connectivity index is 1.45. The molecule has 0 unspecified atom stereocenters. The molecule has 2 heterocycles. The first-order chi connectivity index (χ1) is 12.2. The van der Waals surface area contributed by atoms with Crippen LogP contribution in [0.25, 0.3) is 0 Å². The fourth-order valence-corrected chi connectivity index (χ4v) is 3.74. The van der Waals surface area contributed by atoms with Gasteiger partial charge in [-0.05, 0) is 42.7 Å². The highest BCUT2D eigenvalue weighted by Crippen LogP contribution is 2.33. The van der Waals surface area contributed by atoms with Crippen molar-refractivity contribution in [2.45, 2.75) is 37.6 Å². The second-order valence-electron chi connectivity index (χ2n) is 6.52. The summed E-state index contributed by atoms with van der Waals surface area (Å²) in [6.45, 7) is 2.17. The van der Waals surface area contributed by atoms with Gasteiger partial charge in [0.15, 0.2) is 5.82 Å². The average Bonchev–Trinajstić information content (AvgIpc) is 3.03. The van der Waals surface area contributed by atoms with E-state index in [1.54, 1.807) is 6.07 Å². The van der Waals surface area contributed by atoms with Crippen LogP contribution < -0.4 is 4.74 Å². The SMILES string of the molecule is Fc1ccc(CN2CCO[C@H]3[C@H](Oc4ncccc4F)CC[C@@H]32)cc1. The molecule has 0 radical (unpaired) electrons. The Hall–Kier alpha value is -2.05. The zero-order chi connectivity index (χ0) is 17.2. The summed E-state index contributed by atoms with van der Waals surface area (Å²) in [5.74, 6) is -0.646. The first kappa shape index (κ1) is 16.4. The van der Waals surface area contributed by atoms with Gasteiger partial charge in [0.25, 0.3) is 5.88 Å². The minimum atomic E-state index is -0.454. The minimum Gasteiger partial charge on any atom is -0.469 e. The second-order valence-corrected chi connectivity index (χ2v) is 6.52. The maximum Gasteiger partial charge on any atom is 0.250 e. The van der Waals surface area contributed by atoms with Crippen molar-refractivity contribution in [2.24, 2.45) is 0 Å². The van der Waals surface area contributed by atoms with Gasteiger partial charge in [-0.3, -0.25) is 4.90 Å². The van der Waals surface area contributed by atoms with Crippen molar-refractivity contribution in [1.29, 1.82) is 0 Å². The fraction of sp³-hybridized carbons (Fsp3) is 0.421. The van der Waals surface area contributed by atoms with Crippen LogP contribution in [0.1, 0.15) is 18.4 Å². The third-order valence-corrected chi connectivity index (χ3v) is 4.94. The Labute approximate surface area is 145 Å². The minimum absolute atomic E-state index is 0.0346. The number of hydrogen-bond acceptors (Lipinski definition) is 4. The molecule has 1 aliphatic heterocycles. The number of morpholine rings is 1. The second kappa shape index (κ2) is 7.06. The van der Waals surface area contributed by atoms with Crippen LogP contribution in [-0.2, 0) is 11.3 Å². The molecule has 2 aromatic rings. The van der Waals surface area contributed by atoms with Crippen LogP contribution in [-0.4, -0.2) is 41.3 Å². The molecular formula is C19H20F2N2O2. The Bertz CT molecular complexity index is 726. The van der Waals surface area contributed by atoms with E-state index in [2.05, 4.69) is 9.88 Å². The molecule has 0 N–H and O–H groups in total. The smallest absolute Gasteiger partial charge is 0.250 e. The van der Waals surface area contributed by atoms with Crippen LogP contribution in [0.5, 0.6) is 5.88 Å². The van der Waals surface area contributed by atoms with E-state index in [0.717, 1.165) is 31.5 Å². The highest BCUT2D eigenvalue weighted by Gasteiger charge is 2.44. The molecule has 2 fully saturated rings. The van der Waals surface area contributed by atoms with Crippen LogP contribution >= 0.6 is 0 Å². The lowest BCUT2D eigenvalue weighted by Crippen LogP contribution is -2.51. The topological polar surface area (TPSA) is 34.6 Å². The summed E-state index contributed by atoms with van der Waals surface area (Å²) < 4.78 is 38.6. The first-order valence-electron chi connectivity index (χ1n) is 8.58. The monoisotopic (exact) mass is 346 g/mol. The van der Waals surface area contributed by atoms with Gasteiger partial charge in [-0.25, -0.2) is 13.8 Å². The summed E-state index contributed by atoms with van der Waals surface area (Å²) in [5, 5.41) is 0. The van der Waals surface area contributed by atoms with E-state index in [1.807, 2.05) is 12.1 Å². The third kappa shape index (κ3) is 3.50. The third-order valence-electron chi connectivity index (χ3n) is 4.94. The molecule has 25 heavy (non-hydrogen) atoms. The highest BCUT2D eigenvalue weighted by atomic mass is 19.1. The number of aromatic nitrogens is 1. The molecule has 0 bridgehead atoms. The first-order valence-corrected chi connectivity index (χ1v) is 8.58. The van der Waals surface area contributed by atoms with Crippen molar-refractivity contribution in [3.63, 3.8) is 0 Å². The number of benzene rings is 1. The lowest BCUT2D eigenvalue weighted by atomic mass is 10.1. The zero-order valence-electron chi connectivity index (χ0n) is 13.8. The molecule has 3 atom stereocenters. The summed E-state index contributed by atoms with van der Waals surface area (Å²) in [6.07, 6.45) is 2.94. The molecule has 4 rings (SSSR count). The summed E-state index contributed by atoms with van der Waals surface area (Å²) in [5.41, 5.74) is 1.07. The normalized spacial score (nSPS) is 26.4. The molecule has 2 aliphatic rings. The molecule has 1 aromatic heterocycles. The maximum absolute atomic E-state index is 13.8. The molecule has 132 valence electrons. The highest BCUT2D eigenvalue weighted by molar-refractivity contribution is 5.17.